The molecule has 0 aliphatic heterocycles. The molecule has 3 nitrogen and oxygen atoms in total. The fourth-order valence-electron chi connectivity index (χ4n) is 0.841. The molecule has 0 fully saturated rings. The van der Waals surface area contributed by atoms with Gasteiger partial charge >= 0.3 is 0 Å². The molecular formula is C10H11BrFNO2. The van der Waals surface area contributed by atoms with Gasteiger partial charge in [-0.05, 0) is 34.1 Å². The monoisotopic (exact) mass is 275 g/mol. The summed E-state index contributed by atoms with van der Waals surface area (Å²) in [5, 5.41) is 0. The lowest BCUT2D eigenvalue weighted by Gasteiger charge is -2.11. The Morgan fingerprint density at radius 2 is 2.20 bits per heavy atom. The normalized spacial score (nSPS) is 9.87. The number of likely N-dealkylation sites (N-methyl/N-ethyl adjacent to an activating group) is 1. The minimum Gasteiger partial charge on any atom is -0.484 e. The second-order valence-electron chi connectivity index (χ2n) is 3.15. The molecule has 0 aliphatic carbocycles. The third kappa shape index (κ3) is 3.51. The number of halogens is 2. The first-order valence-corrected chi connectivity index (χ1v) is 5.08. The Labute approximate surface area is 96.0 Å². The predicted octanol–water partition coefficient (Wildman–Crippen LogP) is 2.06. The molecule has 0 atom stereocenters. The Balaban J connectivity index is 2.58. The van der Waals surface area contributed by atoms with Crippen molar-refractivity contribution in [2.45, 2.75) is 0 Å². The molecule has 0 heterocycles. The molecule has 0 aromatic heterocycles. The highest BCUT2D eigenvalue weighted by molar-refractivity contribution is 9.10. The Kier molecular flexibility index (Phi) is 4.08. The van der Waals surface area contributed by atoms with E-state index < -0.39 is 0 Å². The van der Waals surface area contributed by atoms with E-state index in [1.165, 1.54) is 23.1 Å². The van der Waals surface area contributed by atoms with Gasteiger partial charge in [-0.3, -0.25) is 4.79 Å². The maximum atomic E-state index is 12.8. The molecule has 1 aromatic carbocycles. The zero-order valence-electron chi connectivity index (χ0n) is 8.46. The van der Waals surface area contributed by atoms with Crippen LogP contribution in [0.4, 0.5) is 4.39 Å². The highest BCUT2D eigenvalue weighted by atomic mass is 79.9. The smallest absolute Gasteiger partial charge is 0.259 e. The summed E-state index contributed by atoms with van der Waals surface area (Å²) in [5.74, 6) is -0.0461. The van der Waals surface area contributed by atoms with E-state index in [2.05, 4.69) is 15.9 Å². The van der Waals surface area contributed by atoms with Gasteiger partial charge in [0.05, 0.1) is 4.47 Å². The largest absolute Gasteiger partial charge is 0.484 e. The van der Waals surface area contributed by atoms with Crippen molar-refractivity contribution in [3.8, 4) is 5.75 Å². The van der Waals surface area contributed by atoms with Crippen molar-refractivity contribution < 1.29 is 13.9 Å². The Morgan fingerprint density at radius 1 is 1.53 bits per heavy atom. The summed E-state index contributed by atoms with van der Waals surface area (Å²) < 4.78 is 18.3. The molecular weight excluding hydrogens is 265 g/mol. The van der Waals surface area contributed by atoms with Crippen molar-refractivity contribution in [2.24, 2.45) is 0 Å². The molecule has 0 unspecified atom stereocenters. The molecule has 1 aromatic rings. The van der Waals surface area contributed by atoms with Gasteiger partial charge in [-0.25, -0.2) is 4.39 Å². The van der Waals surface area contributed by atoms with E-state index in [4.69, 9.17) is 4.74 Å². The van der Waals surface area contributed by atoms with Crippen LogP contribution in [0, 0.1) is 5.82 Å². The summed E-state index contributed by atoms with van der Waals surface area (Å²) in [4.78, 5) is 12.6. The minimum absolute atomic E-state index is 0.0505. The first-order valence-electron chi connectivity index (χ1n) is 4.28. The van der Waals surface area contributed by atoms with Crippen LogP contribution < -0.4 is 4.74 Å². The zero-order valence-corrected chi connectivity index (χ0v) is 10.0. The molecule has 0 saturated carbocycles. The molecule has 0 aliphatic rings. The average molecular weight is 276 g/mol. The maximum Gasteiger partial charge on any atom is 0.259 e. The van der Waals surface area contributed by atoms with Gasteiger partial charge in [-0.1, -0.05) is 0 Å². The number of carbonyl (C=O) groups is 1. The Hall–Kier alpha value is -1.10. The second kappa shape index (κ2) is 5.11. The molecule has 0 spiro atoms. The van der Waals surface area contributed by atoms with Crippen LogP contribution in [-0.4, -0.2) is 31.5 Å². The lowest BCUT2D eigenvalue weighted by atomic mass is 10.3. The molecule has 0 saturated heterocycles. The Bertz CT molecular complexity index is 368. The van der Waals surface area contributed by atoms with Gasteiger partial charge in [0.25, 0.3) is 5.91 Å². The number of amides is 1. The summed E-state index contributed by atoms with van der Waals surface area (Å²) in [7, 11) is 3.29. The van der Waals surface area contributed by atoms with Gasteiger partial charge in [0.15, 0.2) is 6.61 Å². The molecule has 0 radical (unpaired) electrons. The number of ether oxygens (including phenoxy) is 1. The van der Waals surface area contributed by atoms with Crippen LogP contribution >= 0.6 is 15.9 Å². The fraction of sp³-hybridized carbons (Fsp3) is 0.300. The van der Waals surface area contributed by atoms with E-state index in [1.807, 2.05) is 0 Å². The highest BCUT2D eigenvalue weighted by Gasteiger charge is 2.06. The molecule has 1 amide bonds. The van der Waals surface area contributed by atoms with E-state index in [0.717, 1.165) is 0 Å². The van der Waals surface area contributed by atoms with E-state index in [-0.39, 0.29) is 18.3 Å². The lowest BCUT2D eigenvalue weighted by Crippen LogP contribution is -2.27. The third-order valence-electron chi connectivity index (χ3n) is 1.75. The van der Waals surface area contributed by atoms with Crippen LogP contribution in [0.2, 0.25) is 0 Å². The van der Waals surface area contributed by atoms with Gasteiger partial charge < -0.3 is 9.64 Å². The van der Waals surface area contributed by atoms with Crippen molar-refractivity contribution in [1.29, 1.82) is 0 Å². The van der Waals surface area contributed by atoms with E-state index in [9.17, 15) is 9.18 Å². The molecule has 0 N–H and O–H groups in total. The van der Waals surface area contributed by atoms with Crippen LogP contribution in [0.15, 0.2) is 22.7 Å². The van der Waals surface area contributed by atoms with Crippen LogP contribution in [0.5, 0.6) is 5.75 Å². The van der Waals surface area contributed by atoms with Gasteiger partial charge in [0.2, 0.25) is 0 Å². The molecule has 0 bridgehead atoms. The summed E-state index contributed by atoms with van der Waals surface area (Å²) in [6.45, 7) is -0.0505. The number of nitrogens with zero attached hydrogens (tertiary/aromatic N) is 1. The van der Waals surface area contributed by atoms with Crippen LogP contribution in [0.1, 0.15) is 0 Å². The van der Waals surface area contributed by atoms with Crippen LogP contribution in [-0.2, 0) is 4.79 Å². The van der Waals surface area contributed by atoms with Crippen molar-refractivity contribution in [3.63, 3.8) is 0 Å². The van der Waals surface area contributed by atoms with Gasteiger partial charge in [0.1, 0.15) is 11.6 Å². The summed E-state index contributed by atoms with van der Waals surface area (Å²) in [5.41, 5.74) is 0. The first-order chi connectivity index (χ1) is 7.00. The lowest BCUT2D eigenvalue weighted by molar-refractivity contribution is -0.130. The molecule has 1 rings (SSSR count). The summed E-state index contributed by atoms with van der Waals surface area (Å²) in [6, 6.07) is 4.24. The number of carbonyl (C=O) groups excluding carboxylic acids is 1. The molecule has 5 heteroatoms. The highest BCUT2D eigenvalue weighted by Crippen LogP contribution is 2.21. The number of hydrogen-bond donors (Lipinski definition) is 0. The van der Waals surface area contributed by atoms with Gasteiger partial charge in [-0.15, -0.1) is 0 Å². The van der Waals surface area contributed by atoms with Crippen LogP contribution in [0.3, 0.4) is 0 Å². The quantitative estimate of drug-likeness (QED) is 0.845. The fourth-order valence-corrected chi connectivity index (χ4v) is 1.20. The van der Waals surface area contributed by atoms with E-state index >= 15 is 0 Å². The number of hydrogen-bond acceptors (Lipinski definition) is 2. The summed E-state index contributed by atoms with van der Waals surface area (Å²) in [6.07, 6.45) is 0. The van der Waals surface area contributed by atoms with Crippen LogP contribution in [0.25, 0.3) is 0 Å². The average Bonchev–Trinajstić information content (AvgIpc) is 2.19. The van der Waals surface area contributed by atoms with Gasteiger partial charge in [-0.2, -0.15) is 0 Å². The Morgan fingerprint density at radius 3 is 2.73 bits per heavy atom. The number of benzene rings is 1. The van der Waals surface area contributed by atoms with Crippen molar-refractivity contribution >= 4 is 21.8 Å². The summed E-state index contributed by atoms with van der Waals surface area (Å²) >= 11 is 3.03. The second-order valence-corrected chi connectivity index (χ2v) is 4.01. The van der Waals surface area contributed by atoms with Crippen molar-refractivity contribution in [2.75, 3.05) is 20.7 Å². The maximum absolute atomic E-state index is 12.8. The third-order valence-corrected chi connectivity index (χ3v) is 2.36. The van der Waals surface area contributed by atoms with Crippen molar-refractivity contribution in [3.05, 3.63) is 28.5 Å². The standard InChI is InChI=1S/C10H11BrFNO2/c1-13(2)10(14)6-15-7-3-4-9(12)8(11)5-7/h3-5H,6H2,1-2H3. The molecule has 82 valence electrons. The number of rotatable bonds is 3. The van der Waals surface area contributed by atoms with E-state index in [0.29, 0.717) is 10.2 Å². The van der Waals surface area contributed by atoms with Gasteiger partial charge in [0, 0.05) is 14.1 Å². The zero-order chi connectivity index (χ0) is 11.4. The van der Waals surface area contributed by atoms with Crippen molar-refractivity contribution in [1.82, 2.24) is 4.90 Å². The topological polar surface area (TPSA) is 29.5 Å². The first kappa shape index (κ1) is 12.0. The minimum atomic E-state index is -0.360. The SMILES string of the molecule is CN(C)C(=O)COc1ccc(F)c(Br)c1. The predicted molar refractivity (Wildman–Crippen MR) is 58.3 cm³/mol. The molecule has 15 heavy (non-hydrogen) atoms. The van der Waals surface area contributed by atoms with E-state index in [1.54, 1.807) is 14.1 Å².